The number of aryl methyl sites for hydroxylation is 1. The molecule has 0 bridgehead atoms. The smallest absolute Gasteiger partial charge is 0.283 e. The fraction of sp³-hybridized carbons (Fsp3) is 0.458. The fourth-order valence-corrected chi connectivity index (χ4v) is 4.30. The summed E-state index contributed by atoms with van der Waals surface area (Å²) in [7, 11) is 1.59. The highest BCUT2D eigenvalue weighted by molar-refractivity contribution is 5.96. The maximum Gasteiger partial charge on any atom is 0.283 e. The quantitative estimate of drug-likeness (QED) is 0.502. The largest absolute Gasteiger partial charge is 0.491 e. The summed E-state index contributed by atoms with van der Waals surface area (Å²) in [5, 5.41) is 4.26. The summed E-state index contributed by atoms with van der Waals surface area (Å²) in [6, 6.07) is 3.87. The van der Waals surface area contributed by atoms with Gasteiger partial charge < -0.3 is 19.5 Å². The maximum atomic E-state index is 12.8. The van der Waals surface area contributed by atoms with Crippen molar-refractivity contribution in [1.29, 1.82) is 0 Å². The van der Waals surface area contributed by atoms with Crippen molar-refractivity contribution in [3.8, 4) is 11.5 Å². The highest BCUT2D eigenvalue weighted by Gasteiger charge is 2.21. The first-order chi connectivity index (χ1) is 17.1. The zero-order chi connectivity index (χ0) is 24.2. The number of rotatable bonds is 7. The predicted octanol–water partition coefficient (Wildman–Crippen LogP) is 1.41. The van der Waals surface area contributed by atoms with Gasteiger partial charge in [0, 0.05) is 50.5 Å². The number of fused-ring (bicyclic) bond motifs is 3. The molecule has 1 saturated heterocycles. The Kier molecular flexibility index (Phi) is 6.87. The van der Waals surface area contributed by atoms with E-state index >= 15 is 0 Å². The van der Waals surface area contributed by atoms with E-state index in [0.717, 1.165) is 50.5 Å². The number of hydrogen-bond acceptors (Lipinski definition) is 9. The SMILES string of the molecule is COc1c(OCCCN2CCOCC2)ccc2c3n(c(=NC(=O)c4cnc(C)nc4)nc12)CCN3. The molecule has 3 aromatic rings. The summed E-state index contributed by atoms with van der Waals surface area (Å²) in [4.78, 5) is 32.4. The van der Waals surface area contributed by atoms with Gasteiger partial charge >= 0.3 is 0 Å². The lowest BCUT2D eigenvalue weighted by molar-refractivity contribution is 0.0357. The first-order valence-corrected chi connectivity index (χ1v) is 11.8. The number of amides is 1. The molecule has 0 saturated carbocycles. The van der Waals surface area contributed by atoms with Gasteiger partial charge in [-0.15, -0.1) is 0 Å². The first-order valence-electron chi connectivity index (χ1n) is 11.8. The van der Waals surface area contributed by atoms with E-state index in [-0.39, 0.29) is 0 Å². The summed E-state index contributed by atoms with van der Waals surface area (Å²) < 4.78 is 19.1. The van der Waals surface area contributed by atoms with Crippen molar-refractivity contribution in [2.45, 2.75) is 19.9 Å². The normalized spacial score (nSPS) is 16.2. The second-order valence-corrected chi connectivity index (χ2v) is 8.42. The van der Waals surface area contributed by atoms with Crippen molar-refractivity contribution in [1.82, 2.24) is 24.4 Å². The van der Waals surface area contributed by atoms with Crippen LogP contribution in [0, 0.1) is 6.92 Å². The van der Waals surface area contributed by atoms with E-state index in [2.05, 4.69) is 25.2 Å². The topological polar surface area (TPSA) is 116 Å². The van der Waals surface area contributed by atoms with E-state index in [1.54, 1.807) is 14.0 Å². The molecule has 35 heavy (non-hydrogen) atoms. The van der Waals surface area contributed by atoms with Gasteiger partial charge in [0.25, 0.3) is 5.91 Å². The summed E-state index contributed by atoms with van der Waals surface area (Å²) in [6.45, 7) is 8.13. The highest BCUT2D eigenvalue weighted by atomic mass is 16.5. The minimum absolute atomic E-state index is 0.297. The second kappa shape index (κ2) is 10.4. The van der Waals surface area contributed by atoms with Crippen molar-refractivity contribution >= 4 is 22.6 Å². The van der Waals surface area contributed by atoms with Crippen LogP contribution in [0.1, 0.15) is 22.6 Å². The number of nitrogens with zero attached hydrogens (tertiary/aromatic N) is 6. The minimum atomic E-state index is -0.451. The molecule has 0 spiro atoms. The van der Waals surface area contributed by atoms with E-state index in [9.17, 15) is 4.79 Å². The molecule has 2 aromatic heterocycles. The number of hydrogen-bond donors (Lipinski definition) is 1. The van der Waals surface area contributed by atoms with Gasteiger partial charge in [-0.2, -0.15) is 4.99 Å². The minimum Gasteiger partial charge on any atom is -0.491 e. The number of benzene rings is 1. The van der Waals surface area contributed by atoms with Crippen molar-refractivity contribution in [2.75, 3.05) is 58.4 Å². The molecule has 4 heterocycles. The molecule has 1 aromatic carbocycles. The van der Waals surface area contributed by atoms with Crippen LogP contribution in [0.4, 0.5) is 5.82 Å². The summed E-state index contributed by atoms with van der Waals surface area (Å²) in [5.41, 5.74) is 1.19. The van der Waals surface area contributed by atoms with E-state index in [0.29, 0.717) is 53.7 Å². The average molecular weight is 480 g/mol. The number of carbonyl (C=O) groups is 1. The van der Waals surface area contributed by atoms with Crippen LogP contribution in [0.25, 0.3) is 10.9 Å². The lowest BCUT2D eigenvalue weighted by Gasteiger charge is -2.26. The standard InChI is InChI=1S/C24H29N7O4/c1-16-26-14-17(15-27-16)23(32)29-24-28-20-18(22-25-6-8-31(22)24)4-5-19(21(20)33-2)35-11-3-7-30-9-12-34-13-10-30/h4-5,14-15,25H,3,6-13H2,1-2H3. The van der Waals surface area contributed by atoms with Crippen LogP contribution in [0.5, 0.6) is 11.5 Å². The predicted molar refractivity (Wildman–Crippen MR) is 129 cm³/mol. The molecule has 184 valence electrons. The van der Waals surface area contributed by atoms with E-state index in [4.69, 9.17) is 19.2 Å². The molecule has 2 aliphatic rings. The number of morpholine rings is 1. The molecule has 1 N–H and O–H groups in total. The lowest BCUT2D eigenvalue weighted by atomic mass is 10.2. The molecule has 0 radical (unpaired) electrons. The van der Waals surface area contributed by atoms with Gasteiger partial charge in [0.2, 0.25) is 5.62 Å². The second-order valence-electron chi connectivity index (χ2n) is 8.42. The van der Waals surface area contributed by atoms with Crippen molar-refractivity contribution in [3.63, 3.8) is 0 Å². The third kappa shape index (κ3) is 4.96. The molecule has 2 aliphatic heterocycles. The number of ether oxygens (including phenoxy) is 3. The molecule has 11 nitrogen and oxygen atoms in total. The lowest BCUT2D eigenvalue weighted by Crippen LogP contribution is -2.37. The first kappa shape index (κ1) is 23.2. The van der Waals surface area contributed by atoms with Crippen LogP contribution >= 0.6 is 0 Å². The van der Waals surface area contributed by atoms with Crippen LogP contribution in [-0.4, -0.2) is 83.4 Å². The molecule has 1 fully saturated rings. The van der Waals surface area contributed by atoms with Gasteiger partial charge in [-0.25, -0.2) is 15.0 Å². The Morgan fingerprint density at radius 1 is 1.20 bits per heavy atom. The third-order valence-electron chi connectivity index (χ3n) is 6.11. The fourth-order valence-electron chi connectivity index (χ4n) is 4.30. The molecule has 0 aliphatic carbocycles. The maximum absolute atomic E-state index is 12.8. The van der Waals surface area contributed by atoms with Gasteiger partial charge in [0.1, 0.15) is 17.2 Å². The van der Waals surface area contributed by atoms with Gasteiger partial charge in [0.05, 0.1) is 32.5 Å². The Morgan fingerprint density at radius 3 is 2.77 bits per heavy atom. The zero-order valence-corrected chi connectivity index (χ0v) is 20.0. The number of aromatic nitrogens is 4. The zero-order valence-electron chi connectivity index (χ0n) is 20.0. The van der Waals surface area contributed by atoms with Crippen molar-refractivity contribution in [3.05, 3.63) is 41.5 Å². The van der Waals surface area contributed by atoms with Crippen molar-refractivity contribution in [2.24, 2.45) is 4.99 Å². The Bertz CT molecular complexity index is 1280. The number of carbonyl (C=O) groups excluding carboxylic acids is 1. The number of nitrogens with one attached hydrogen (secondary N) is 1. The summed E-state index contributed by atoms with van der Waals surface area (Å²) in [6.07, 6.45) is 3.84. The van der Waals surface area contributed by atoms with E-state index in [1.165, 1.54) is 12.4 Å². The van der Waals surface area contributed by atoms with E-state index < -0.39 is 5.91 Å². The molecular weight excluding hydrogens is 450 g/mol. The number of anilines is 1. The highest BCUT2D eigenvalue weighted by Crippen LogP contribution is 2.37. The molecule has 1 amide bonds. The average Bonchev–Trinajstić information content (AvgIpc) is 3.38. The Morgan fingerprint density at radius 2 is 2.00 bits per heavy atom. The monoisotopic (exact) mass is 479 g/mol. The third-order valence-corrected chi connectivity index (χ3v) is 6.11. The molecule has 11 heteroatoms. The van der Waals surface area contributed by atoms with Crippen LogP contribution in [-0.2, 0) is 11.3 Å². The summed E-state index contributed by atoms with van der Waals surface area (Å²) in [5.74, 6) is 2.12. The van der Waals surface area contributed by atoms with Crippen LogP contribution in [0.2, 0.25) is 0 Å². The molecule has 0 unspecified atom stereocenters. The van der Waals surface area contributed by atoms with Gasteiger partial charge in [0.15, 0.2) is 11.5 Å². The van der Waals surface area contributed by atoms with Gasteiger partial charge in [-0.1, -0.05) is 0 Å². The Labute approximate surface area is 202 Å². The van der Waals surface area contributed by atoms with Crippen LogP contribution in [0.3, 0.4) is 0 Å². The van der Waals surface area contributed by atoms with E-state index in [1.807, 2.05) is 16.7 Å². The molecular formula is C24H29N7O4. The van der Waals surface area contributed by atoms with Crippen LogP contribution in [0.15, 0.2) is 29.5 Å². The Balaban J connectivity index is 1.44. The Hall–Kier alpha value is -3.57. The molecule has 0 atom stereocenters. The van der Waals surface area contributed by atoms with Crippen LogP contribution < -0.4 is 20.4 Å². The molecule has 5 rings (SSSR count). The van der Waals surface area contributed by atoms with Gasteiger partial charge in [-0.3, -0.25) is 14.3 Å². The van der Waals surface area contributed by atoms with Gasteiger partial charge in [-0.05, 0) is 25.5 Å². The summed E-state index contributed by atoms with van der Waals surface area (Å²) >= 11 is 0. The number of methoxy groups -OCH3 is 1. The van der Waals surface area contributed by atoms with Crippen molar-refractivity contribution < 1.29 is 19.0 Å².